The van der Waals surface area contributed by atoms with Gasteiger partial charge in [0.05, 0.1) is 12.1 Å². The number of benzene rings is 1. The van der Waals surface area contributed by atoms with E-state index in [4.69, 9.17) is 16.3 Å². The number of fused-ring (bicyclic) bond motifs is 1. The van der Waals surface area contributed by atoms with Gasteiger partial charge in [-0.2, -0.15) is 0 Å². The number of ether oxygens (including phenoxy) is 1. The van der Waals surface area contributed by atoms with E-state index in [9.17, 15) is 8.78 Å². The van der Waals surface area contributed by atoms with Gasteiger partial charge in [-0.1, -0.05) is 11.6 Å². The van der Waals surface area contributed by atoms with Crippen molar-refractivity contribution in [1.82, 2.24) is 0 Å². The van der Waals surface area contributed by atoms with Crippen LogP contribution in [0.3, 0.4) is 0 Å². The second-order valence-electron chi connectivity index (χ2n) is 3.31. The number of alkyl halides is 2. The van der Waals surface area contributed by atoms with Crippen LogP contribution < -0.4 is 4.74 Å². The smallest absolute Gasteiger partial charge is 0.273 e. The highest BCUT2D eigenvalue weighted by molar-refractivity contribution is 6.33. The van der Waals surface area contributed by atoms with Crippen molar-refractivity contribution in [1.29, 1.82) is 0 Å². The Bertz CT molecular complexity index is 377. The Morgan fingerprint density at radius 1 is 1.43 bits per heavy atom. The predicted octanol–water partition coefficient (Wildman–Crippen LogP) is 3.39. The molecule has 0 bridgehead atoms. The molecule has 76 valence electrons. The van der Waals surface area contributed by atoms with E-state index in [0.717, 1.165) is 0 Å². The monoisotopic (exact) mass is 218 g/mol. The highest BCUT2D eigenvalue weighted by atomic mass is 35.5. The summed E-state index contributed by atoms with van der Waals surface area (Å²) in [7, 11) is 1.47. The minimum atomic E-state index is -2.73. The van der Waals surface area contributed by atoms with Crippen LogP contribution in [0.25, 0.3) is 0 Å². The molecule has 0 amide bonds. The first kappa shape index (κ1) is 9.71. The fourth-order valence-corrected chi connectivity index (χ4v) is 2.10. The largest absolute Gasteiger partial charge is 0.495 e. The summed E-state index contributed by atoms with van der Waals surface area (Å²) < 4.78 is 31.5. The quantitative estimate of drug-likeness (QED) is 0.702. The number of hydrogen-bond donors (Lipinski definition) is 0. The lowest BCUT2D eigenvalue weighted by atomic mass is 10.1. The summed E-state index contributed by atoms with van der Waals surface area (Å²) in [6.07, 6.45) is 0.160. The second-order valence-corrected chi connectivity index (χ2v) is 3.69. The summed E-state index contributed by atoms with van der Waals surface area (Å²) in [5, 5.41) is 0.321. The molecule has 0 aliphatic heterocycles. The highest BCUT2D eigenvalue weighted by Crippen LogP contribution is 2.46. The fourth-order valence-electron chi connectivity index (χ4n) is 1.76. The van der Waals surface area contributed by atoms with Gasteiger partial charge in [0, 0.05) is 12.0 Å². The number of halogens is 3. The van der Waals surface area contributed by atoms with Crippen molar-refractivity contribution in [2.24, 2.45) is 0 Å². The topological polar surface area (TPSA) is 9.23 Å². The number of rotatable bonds is 1. The van der Waals surface area contributed by atoms with Crippen molar-refractivity contribution in [3.63, 3.8) is 0 Å². The highest BCUT2D eigenvalue weighted by Gasteiger charge is 2.40. The third-order valence-electron chi connectivity index (χ3n) is 2.51. The van der Waals surface area contributed by atoms with Crippen molar-refractivity contribution >= 4 is 11.6 Å². The molecule has 4 heteroatoms. The standard InChI is InChI=1S/C10H9ClF2O/c1-14-8-3-2-7-6(9(8)11)4-5-10(7,12)13/h2-3H,4-5H2,1H3. The molecule has 0 spiro atoms. The molecule has 0 N–H and O–H groups in total. The first-order valence-corrected chi connectivity index (χ1v) is 4.68. The summed E-state index contributed by atoms with van der Waals surface area (Å²) in [5.41, 5.74) is 0.569. The molecule has 0 saturated carbocycles. The predicted molar refractivity (Wildman–Crippen MR) is 50.2 cm³/mol. The Morgan fingerprint density at radius 2 is 2.14 bits per heavy atom. The molecule has 14 heavy (non-hydrogen) atoms. The SMILES string of the molecule is COc1ccc2c(c1Cl)CCC2(F)F. The van der Waals surface area contributed by atoms with Crippen molar-refractivity contribution in [3.05, 3.63) is 28.3 Å². The third kappa shape index (κ3) is 1.27. The van der Waals surface area contributed by atoms with E-state index in [0.29, 0.717) is 22.8 Å². The summed E-state index contributed by atoms with van der Waals surface area (Å²) in [6.45, 7) is 0. The summed E-state index contributed by atoms with van der Waals surface area (Å²) in [6, 6.07) is 2.88. The van der Waals surface area contributed by atoms with Crippen LogP contribution in [0.15, 0.2) is 12.1 Å². The Kier molecular flexibility index (Phi) is 2.14. The lowest BCUT2D eigenvalue weighted by Crippen LogP contribution is -2.07. The Morgan fingerprint density at radius 3 is 2.79 bits per heavy atom. The van der Waals surface area contributed by atoms with Gasteiger partial charge in [0.2, 0.25) is 0 Å². The summed E-state index contributed by atoms with van der Waals surface area (Å²) in [4.78, 5) is 0. The minimum absolute atomic E-state index is 0.0447. The van der Waals surface area contributed by atoms with Crippen LogP contribution in [0.1, 0.15) is 17.5 Å². The first-order valence-electron chi connectivity index (χ1n) is 4.30. The van der Waals surface area contributed by atoms with E-state index in [2.05, 4.69) is 0 Å². The van der Waals surface area contributed by atoms with Crippen LogP contribution in [0.5, 0.6) is 5.75 Å². The Hall–Kier alpha value is -0.830. The van der Waals surface area contributed by atoms with E-state index in [-0.39, 0.29) is 12.0 Å². The third-order valence-corrected chi connectivity index (χ3v) is 2.93. The van der Waals surface area contributed by atoms with Gasteiger partial charge in [0.15, 0.2) is 0 Å². The molecule has 0 atom stereocenters. The molecule has 0 heterocycles. The number of hydrogen-bond acceptors (Lipinski definition) is 1. The van der Waals surface area contributed by atoms with Crippen LogP contribution in [-0.4, -0.2) is 7.11 Å². The normalized spacial score (nSPS) is 18.0. The Balaban J connectivity index is 2.58. The van der Waals surface area contributed by atoms with Gasteiger partial charge in [-0.15, -0.1) is 0 Å². The lowest BCUT2D eigenvalue weighted by Gasteiger charge is -2.11. The molecule has 0 fully saturated rings. The molecule has 0 aromatic heterocycles. The zero-order chi connectivity index (χ0) is 10.3. The molecule has 0 radical (unpaired) electrons. The maximum absolute atomic E-state index is 13.3. The molecule has 1 aliphatic rings. The minimum Gasteiger partial charge on any atom is -0.495 e. The van der Waals surface area contributed by atoms with Crippen LogP contribution in [0, 0.1) is 0 Å². The van der Waals surface area contributed by atoms with E-state index < -0.39 is 5.92 Å². The zero-order valence-electron chi connectivity index (χ0n) is 7.61. The van der Waals surface area contributed by atoms with Gasteiger partial charge in [-0.3, -0.25) is 0 Å². The van der Waals surface area contributed by atoms with Crippen molar-refractivity contribution in [3.8, 4) is 5.75 Å². The molecule has 0 unspecified atom stereocenters. The van der Waals surface area contributed by atoms with Gasteiger partial charge < -0.3 is 4.74 Å². The lowest BCUT2D eigenvalue weighted by molar-refractivity contribution is -0.00184. The van der Waals surface area contributed by atoms with Crippen LogP contribution in [0.4, 0.5) is 8.78 Å². The first-order chi connectivity index (χ1) is 6.56. The molecule has 1 nitrogen and oxygen atoms in total. The second kappa shape index (κ2) is 3.09. The maximum Gasteiger partial charge on any atom is 0.273 e. The fraction of sp³-hybridized carbons (Fsp3) is 0.400. The van der Waals surface area contributed by atoms with Gasteiger partial charge in [0.25, 0.3) is 5.92 Å². The average molecular weight is 219 g/mol. The molecular weight excluding hydrogens is 210 g/mol. The molecule has 1 aromatic carbocycles. The van der Waals surface area contributed by atoms with E-state index in [1.165, 1.54) is 19.2 Å². The van der Waals surface area contributed by atoms with Gasteiger partial charge in [-0.05, 0) is 24.1 Å². The van der Waals surface area contributed by atoms with Gasteiger partial charge in [0.1, 0.15) is 5.75 Å². The molecule has 1 aromatic rings. The zero-order valence-corrected chi connectivity index (χ0v) is 8.37. The van der Waals surface area contributed by atoms with E-state index in [1.54, 1.807) is 0 Å². The van der Waals surface area contributed by atoms with Gasteiger partial charge >= 0.3 is 0 Å². The molecule has 2 rings (SSSR count). The summed E-state index contributed by atoms with van der Waals surface area (Å²) in [5.74, 6) is -2.27. The maximum atomic E-state index is 13.3. The molecule has 0 saturated heterocycles. The number of methoxy groups -OCH3 is 1. The van der Waals surface area contributed by atoms with Crippen LogP contribution >= 0.6 is 11.6 Å². The molecule has 1 aliphatic carbocycles. The van der Waals surface area contributed by atoms with Crippen molar-refractivity contribution < 1.29 is 13.5 Å². The van der Waals surface area contributed by atoms with Crippen LogP contribution in [-0.2, 0) is 12.3 Å². The average Bonchev–Trinajstić information content (AvgIpc) is 2.44. The van der Waals surface area contributed by atoms with Gasteiger partial charge in [-0.25, -0.2) is 8.78 Å². The van der Waals surface area contributed by atoms with E-state index in [1.807, 2.05) is 0 Å². The van der Waals surface area contributed by atoms with Crippen molar-refractivity contribution in [2.75, 3.05) is 7.11 Å². The summed E-state index contributed by atoms with van der Waals surface area (Å²) >= 11 is 5.92. The van der Waals surface area contributed by atoms with Crippen molar-refractivity contribution in [2.45, 2.75) is 18.8 Å². The van der Waals surface area contributed by atoms with Crippen LogP contribution in [0.2, 0.25) is 5.02 Å². The molecular formula is C10H9ClF2O. The Labute approximate surface area is 85.6 Å². The van der Waals surface area contributed by atoms with E-state index >= 15 is 0 Å².